The number of hydrogen-bond acceptors (Lipinski definition) is 4. The van der Waals surface area contributed by atoms with E-state index in [1.165, 1.54) is 0 Å². The number of ether oxygens (including phenoxy) is 1. The van der Waals surface area contributed by atoms with Crippen molar-refractivity contribution in [3.63, 3.8) is 0 Å². The Morgan fingerprint density at radius 3 is 2.65 bits per heavy atom. The Balaban J connectivity index is 1.99. The molecule has 20 heavy (non-hydrogen) atoms. The molecule has 0 aliphatic heterocycles. The predicted molar refractivity (Wildman–Crippen MR) is 79.8 cm³/mol. The molecule has 0 radical (unpaired) electrons. The fourth-order valence-electron chi connectivity index (χ4n) is 2.01. The topological polar surface area (TPSA) is 47.0 Å². The predicted octanol–water partition coefficient (Wildman–Crippen LogP) is 4.15. The molecule has 1 N–H and O–H groups in total. The van der Waals surface area contributed by atoms with Gasteiger partial charge in [-0.3, -0.25) is 0 Å². The maximum Gasteiger partial charge on any atom is 0.227 e. The molecule has 4 nitrogen and oxygen atoms in total. The van der Waals surface area contributed by atoms with Gasteiger partial charge in [-0.1, -0.05) is 23.7 Å². The zero-order valence-electron chi connectivity index (χ0n) is 11.5. The number of para-hydroxylation sites is 1. The molecule has 0 spiro atoms. The lowest BCUT2D eigenvalue weighted by atomic mass is 10.3. The van der Waals surface area contributed by atoms with Crippen LogP contribution in [0.15, 0.2) is 24.3 Å². The minimum atomic E-state index is 0.469. The van der Waals surface area contributed by atoms with E-state index in [2.05, 4.69) is 15.3 Å². The second-order valence-electron chi connectivity index (χ2n) is 4.92. The minimum absolute atomic E-state index is 0.469. The van der Waals surface area contributed by atoms with Crippen molar-refractivity contribution in [3.05, 3.63) is 40.7 Å². The SMILES string of the molecule is CNc1nc(C2CC2)nc(Oc2ccccc2Cl)c1C. The Morgan fingerprint density at radius 1 is 1.25 bits per heavy atom. The highest BCUT2D eigenvalue weighted by molar-refractivity contribution is 6.32. The normalized spacial score (nSPS) is 14.2. The molecule has 3 rings (SSSR count). The molecule has 1 aliphatic rings. The van der Waals surface area contributed by atoms with Gasteiger partial charge in [-0.15, -0.1) is 0 Å². The average Bonchev–Trinajstić information content (AvgIpc) is 3.28. The van der Waals surface area contributed by atoms with Crippen LogP contribution in [-0.2, 0) is 0 Å². The first kappa shape index (κ1) is 13.2. The van der Waals surface area contributed by atoms with E-state index >= 15 is 0 Å². The summed E-state index contributed by atoms with van der Waals surface area (Å²) in [6, 6.07) is 7.39. The van der Waals surface area contributed by atoms with Gasteiger partial charge in [0.25, 0.3) is 0 Å². The molecule has 1 aromatic carbocycles. The second kappa shape index (κ2) is 5.29. The first-order valence-electron chi connectivity index (χ1n) is 6.67. The van der Waals surface area contributed by atoms with Crippen molar-refractivity contribution in [2.75, 3.05) is 12.4 Å². The Kier molecular flexibility index (Phi) is 3.49. The largest absolute Gasteiger partial charge is 0.437 e. The number of benzene rings is 1. The summed E-state index contributed by atoms with van der Waals surface area (Å²) in [5.74, 6) is 3.31. The van der Waals surface area contributed by atoms with E-state index < -0.39 is 0 Å². The molecule has 0 saturated heterocycles. The summed E-state index contributed by atoms with van der Waals surface area (Å²) in [4.78, 5) is 9.09. The molecule has 1 heterocycles. The van der Waals surface area contributed by atoms with Crippen LogP contribution >= 0.6 is 11.6 Å². The Labute approximate surface area is 123 Å². The van der Waals surface area contributed by atoms with Crippen molar-refractivity contribution in [2.24, 2.45) is 0 Å². The zero-order chi connectivity index (χ0) is 14.1. The Hall–Kier alpha value is -1.81. The summed E-state index contributed by atoms with van der Waals surface area (Å²) >= 11 is 6.13. The van der Waals surface area contributed by atoms with E-state index in [0.29, 0.717) is 22.6 Å². The van der Waals surface area contributed by atoms with E-state index in [1.807, 2.05) is 32.2 Å². The molecule has 0 atom stereocenters. The fourth-order valence-corrected chi connectivity index (χ4v) is 2.19. The van der Waals surface area contributed by atoms with Gasteiger partial charge in [0.15, 0.2) is 0 Å². The monoisotopic (exact) mass is 289 g/mol. The van der Waals surface area contributed by atoms with E-state index in [4.69, 9.17) is 16.3 Å². The van der Waals surface area contributed by atoms with Gasteiger partial charge in [0.05, 0.1) is 10.6 Å². The smallest absolute Gasteiger partial charge is 0.227 e. The summed E-state index contributed by atoms with van der Waals surface area (Å²) in [6.45, 7) is 1.94. The lowest BCUT2D eigenvalue weighted by molar-refractivity contribution is 0.455. The quantitative estimate of drug-likeness (QED) is 0.918. The van der Waals surface area contributed by atoms with Crippen LogP contribution in [-0.4, -0.2) is 17.0 Å². The van der Waals surface area contributed by atoms with Crippen LogP contribution in [0.1, 0.15) is 30.1 Å². The van der Waals surface area contributed by atoms with Crippen LogP contribution in [0, 0.1) is 6.92 Å². The summed E-state index contributed by atoms with van der Waals surface area (Å²) in [5.41, 5.74) is 0.886. The summed E-state index contributed by atoms with van der Waals surface area (Å²) < 4.78 is 5.88. The highest BCUT2D eigenvalue weighted by Gasteiger charge is 2.28. The van der Waals surface area contributed by atoms with Gasteiger partial charge in [-0.25, -0.2) is 4.98 Å². The third-order valence-corrected chi connectivity index (χ3v) is 3.65. The van der Waals surface area contributed by atoms with E-state index in [1.54, 1.807) is 6.07 Å². The maximum atomic E-state index is 6.13. The molecule has 1 saturated carbocycles. The summed E-state index contributed by atoms with van der Waals surface area (Å²) in [6.07, 6.45) is 2.30. The number of anilines is 1. The van der Waals surface area contributed by atoms with Crippen molar-refractivity contribution in [1.29, 1.82) is 0 Å². The van der Waals surface area contributed by atoms with E-state index in [0.717, 1.165) is 30.0 Å². The van der Waals surface area contributed by atoms with Crippen LogP contribution in [0.3, 0.4) is 0 Å². The molecule has 1 aromatic heterocycles. The van der Waals surface area contributed by atoms with Gasteiger partial charge in [0.2, 0.25) is 5.88 Å². The molecule has 5 heteroatoms. The van der Waals surface area contributed by atoms with Crippen molar-refractivity contribution in [2.45, 2.75) is 25.7 Å². The Bertz CT molecular complexity index is 641. The lowest BCUT2D eigenvalue weighted by Crippen LogP contribution is -2.04. The molecule has 0 amide bonds. The van der Waals surface area contributed by atoms with Gasteiger partial charge in [0.1, 0.15) is 17.4 Å². The summed E-state index contributed by atoms with van der Waals surface area (Å²) in [7, 11) is 1.85. The standard InChI is InChI=1S/C15H16ClN3O/c1-9-13(17-2)18-14(10-7-8-10)19-15(9)20-12-6-4-3-5-11(12)16/h3-6,10H,7-8H2,1-2H3,(H,17,18,19). The highest BCUT2D eigenvalue weighted by atomic mass is 35.5. The number of aromatic nitrogens is 2. The second-order valence-corrected chi connectivity index (χ2v) is 5.32. The van der Waals surface area contributed by atoms with E-state index in [9.17, 15) is 0 Å². The van der Waals surface area contributed by atoms with Gasteiger partial charge in [-0.2, -0.15) is 4.98 Å². The molecule has 1 aliphatic carbocycles. The zero-order valence-corrected chi connectivity index (χ0v) is 12.2. The molecular weight excluding hydrogens is 274 g/mol. The highest BCUT2D eigenvalue weighted by Crippen LogP contribution is 2.40. The van der Waals surface area contributed by atoms with Crippen LogP contribution in [0.5, 0.6) is 11.6 Å². The first-order chi connectivity index (χ1) is 9.69. The number of hydrogen-bond donors (Lipinski definition) is 1. The molecule has 0 bridgehead atoms. The van der Waals surface area contributed by atoms with Crippen molar-refractivity contribution >= 4 is 17.4 Å². The molecular formula is C15H16ClN3O. The first-order valence-corrected chi connectivity index (χ1v) is 7.05. The summed E-state index contributed by atoms with van der Waals surface area (Å²) in [5, 5.41) is 3.67. The van der Waals surface area contributed by atoms with Gasteiger partial charge in [0, 0.05) is 13.0 Å². The lowest BCUT2D eigenvalue weighted by Gasteiger charge is -2.13. The van der Waals surface area contributed by atoms with Crippen LogP contribution < -0.4 is 10.1 Å². The minimum Gasteiger partial charge on any atom is -0.437 e. The third kappa shape index (κ3) is 2.56. The van der Waals surface area contributed by atoms with Gasteiger partial charge in [-0.05, 0) is 31.9 Å². The van der Waals surface area contributed by atoms with Crippen molar-refractivity contribution in [3.8, 4) is 11.6 Å². The molecule has 104 valence electrons. The number of rotatable bonds is 4. The fraction of sp³-hybridized carbons (Fsp3) is 0.333. The molecule has 2 aromatic rings. The molecule has 0 unspecified atom stereocenters. The van der Waals surface area contributed by atoms with Gasteiger partial charge >= 0.3 is 0 Å². The molecule has 1 fully saturated rings. The van der Waals surface area contributed by atoms with Crippen LogP contribution in [0.4, 0.5) is 5.82 Å². The Morgan fingerprint density at radius 2 is 2.00 bits per heavy atom. The number of nitrogens with zero attached hydrogens (tertiary/aromatic N) is 2. The maximum absolute atomic E-state index is 6.13. The van der Waals surface area contributed by atoms with E-state index in [-0.39, 0.29) is 0 Å². The van der Waals surface area contributed by atoms with Crippen LogP contribution in [0.25, 0.3) is 0 Å². The number of nitrogens with one attached hydrogen (secondary N) is 1. The number of halogens is 1. The average molecular weight is 290 g/mol. The van der Waals surface area contributed by atoms with Crippen molar-refractivity contribution < 1.29 is 4.74 Å². The van der Waals surface area contributed by atoms with Crippen molar-refractivity contribution in [1.82, 2.24) is 9.97 Å². The van der Waals surface area contributed by atoms with Gasteiger partial charge < -0.3 is 10.1 Å². The third-order valence-electron chi connectivity index (χ3n) is 3.34. The van der Waals surface area contributed by atoms with Crippen LogP contribution in [0.2, 0.25) is 5.02 Å².